The molecule has 94 valence electrons. The molecule has 0 fully saturated rings. The van der Waals surface area contributed by atoms with Gasteiger partial charge in [-0.1, -0.05) is 29.3 Å². The van der Waals surface area contributed by atoms with Crippen LogP contribution in [0.25, 0.3) is 11.1 Å². The van der Waals surface area contributed by atoms with Gasteiger partial charge in [0.25, 0.3) is 0 Å². The Labute approximate surface area is 114 Å². The molecule has 0 saturated heterocycles. The van der Waals surface area contributed by atoms with E-state index in [0.717, 1.165) is 6.07 Å². The number of hydrogen-bond donors (Lipinski definition) is 1. The van der Waals surface area contributed by atoms with E-state index in [1.54, 1.807) is 18.2 Å². The number of hydrogen-bond acceptors (Lipinski definition) is 2. The van der Waals surface area contributed by atoms with E-state index < -0.39 is 5.82 Å². The number of phenols is 1. The fourth-order valence-corrected chi connectivity index (χ4v) is 2.34. The molecule has 0 aliphatic rings. The normalized spacial score (nSPS) is 10.4. The first-order valence-electron chi connectivity index (χ1n) is 5.05. The van der Waals surface area contributed by atoms with Crippen LogP contribution in [0.2, 0.25) is 10.0 Å². The summed E-state index contributed by atoms with van der Waals surface area (Å²) in [4.78, 5) is 0. The second kappa shape index (κ2) is 5.04. The highest BCUT2D eigenvalue weighted by atomic mass is 35.5. The van der Waals surface area contributed by atoms with Crippen LogP contribution in [0.5, 0.6) is 11.5 Å². The van der Waals surface area contributed by atoms with Gasteiger partial charge in [-0.15, -0.1) is 0 Å². The van der Waals surface area contributed by atoms with E-state index in [2.05, 4.69) is 0 Å². The van der Waals surface area contributed by atoms with Crippen molar-refractivity contribution in [2.75, 3.05) is 7.11 Å². The molecular formula is C13H9Cl2FO2. The first-order chi connectivity index (χ1) is 8.54. The molecule has 2 aromatic rings. The average molecular weight is 287 g/mol. The molecule has 0 amide bonds. The highest BCUT2D eigenvalue weighted by Crippen LogP contribution is 2.43. The Balaban J connectivity index is 2.78. The fourth-order valence-electron chi connectivity index (χ4n) is 1.73. The molecule has 0 radical (unpaired) electrons. The molecule has 1 N–H and O–H groups in total. The second-order valence-corrected chi connectivity index (χ2v) is 4.42. The molecule has 0 spiro atoms. The van der Waals surface area contributed by atoms with Crippen LogP contribution in [0.15, 0.2) is 30.3 Å². The zero-order chi connectivity index (χ0) is 13.3. The monoisotopic (exact) mass is 286 g/mol. The Morgan fingerprint density at radius 3 is 2.33 bits per heavy atom. The van der Waals surface area contributed by atoms with Crippen molar-refractivity contribution in [2.24, 2.45) is 0 Å². The van der Waals surface area contributed by atoms with Crippen molar-refractivity contribution in [1.29, 1.82) is 0 Å². The summed E-state index contributed by atoms with van der Waals surface area (Å²) in [6, 6.07) is 7.12. The molecule has 0 bridgehead atoms. The maximum atomic E-state index is 13.4. The van der Waals surface area contributed by atoms with Crippen molar-refractivity contribution in [3.8, 4) is 22.6 Å². The highest BCUT2D eigenvalue weighted by Gasteiger charge is 2.17. The molecule has 0 aliphatic carbocycles. The van der Waals surface area contributed by atoms with Crippen LogP contribution in [0.4, 0.5) is 4.39 Å². The maximum absolute atomic E-state index is 13.4. The van der Waals surface area contributed by atoms with Gasteiger partial charge in [-0.3, -0.25) is 0 Å². The summed E-state index contributed by atoms with van der Waals surface area (Å²) in [5.74, 6) is -0.769. The molecule has 2 aromatic carbocycles. The fraction of sp³-hybridized carbons (Fsp3) is 0.0769. The maximum Gasteiger partial charge on any atom is 0.168 e. The Kier molecular flexibility index (Phi) is 3.64. The second-order valence-electron chi connectivity index (χ2n) is 3.60. The van der Waals surface area contributed by atoms with Crippen molar-refractivity contribution < 1.29 is 14.2 Å². The largest absolute Gasteiger partial charge is 0.504 e. The van der Waals surface area contributed by atoms with Crippen molar-refractivity contribution in [1.82, 2.24) is 0 Å². The van der Waals surface area contributed by atoms with Gasteiger partial charge < -0.3 is 9.84 Å². The van der Waals surface area contributed by atoms with E-state index in [0.29, 0.717) is 21.2 Å². The lowest BCUT2D eigenvalue weighted by Gasteiger charge is -2.13. The molecular weight excluding hydrogens is 278 g/mol. The van der Waals surface area contributed by atoms with E-state index in [9.17, 15) is 9.50 Å². The van der Waals surface area contributed by atoms with E-state index in [1.807, 2.05) is 0 Å². The highest BCUT2D eigenvalue weighted by molar-refractivity contribution is 6.39. The number of benzene rings is 2. The number of methoxy groups -OCH3 is 1. The summed E-state index contributed by atoms with van der Waals surface area (Å²) < 4.78 is 18.5. The van der Waals surface area contributed by atoms with Crippen molar-refractivity contribution in [3.05, 3.63) is 46.2 Å². The summed E-state index contributed by atoms with van der Waals surface area (Å²) in [6.45, 7) is 0. The summed E-state index contributed by atoms with van der Waals surface area (Å²) in [7, 11) is 1.38. The first-order valence-corrected chi connectivity index (χ1v) is 5.81. The SMILES string of the molecule is COc1c(O)cc(F)cc1-c1c(Cl)cccc1Cl. The van der Waals surface area contributed by atoms with E-state index in [-0.39, 0.29) is 11.5 Å². The molecule has 0 saturated carbocycles. The summed E-state index contributed by atoms with van der Waals surface area (Å²) in [5, 5.41) is 10.4. The van der Waals surface area contributed by atoms with Crippen molar-refractivity contribution >= 4 is 23.2 Å². The molecule has 2 nitrogen and oxygen atoms in total. The van der Waals surface area contributed by atoms with Crippen molar-refractivity contribution in [3.63, 3.8) is 0 Å². The number of phenolic OH excluding ortho intramolecular Hbond substituents is 1. The van der Waals surface area contributed by atoms with Crippen LogP contribution in [-0.2, 0) is 0 Å². The Morgan fingerprint density at radius 2 is 1.78 bits per heavy atom. The molecule has 0 aliphatic heterocycles. The van der Waals surface area contributed by atoms with Gasteiger partial charge in [0.2, 0.25) is 0 Å². The molecule has 18 heavy (non-hydrogen) atoms. The standard InChI is InChI=1S/C13H9Cl2FO2/c1-18-13-8(5-7(16)6-11(13)17)12-9(14)3-2-4-10(12)15/h2-6,17H,1H3. The molecule has 0 atom stereocenters. The minimum absolute atomic E-state index is 0.131. The number of aromatic hydroxyl groups is 1. The smallest absolute Gasteiger partial charge is 0.168 e. The lowest BCUT2D eigenvalue weighted by Crippen LogP contribution is -1.92. The number of halogens is 3. The van der Waals surface area contributed by atoms with E-state index in [1.165, 1.54) is 13.2 Å². The van der Waals surface area contributed by atoms with Gasteiger partial charge in [0.1, 0.15) is 5.82 Å². The number of rotatable bonds is 2. The molecule has 0 aromatic heterocycles. The lowest BCUT2D eigenvalue weighted by molar-refractivity contribution is 0.372. The van der Waals surface area contributed by atoms with E-state index in [4.69, 9.17) is 27.9 Å². The quantitative estimate of drug-likeness (QED) is 0.880. The minimum Gasteiger partial charge on any atom is -0.504 e. The van der Waals surface area contributed by atoms with Crippen LogP contribution in [-0.4, -0.2) is 12.2 Å². The molecule has 2 rings (SSSR count). The zero-order valence-corrected chi connectivity index (χ0v) is 10.9. The van der Waals surface area contributed by atoms with Crippen LogP contribution < -0.4 is 4.74 Å². The average Bonchev–Trinajstić information content (AvgIpc) is 2.28. The zero-order valence-electron chi connectivity index (χ0n) is 9.38. The van der Waals surface area contributed by atoms with Crippen LogP contribution in [0.3, 0.4) is 0 Å². The summed E-state index contributed by atoms with van der Waals surface area (Å²) in [6.07, 6.45) is 0. The van der Waals surface area contributed by atoms with Gasteiger partial charge in [0, 0.05) is 17.2 Å². The van der Waals surface area contributed by atoms with Gasteiger partial charge >= 0.3 is 0 Å². The van der Waals surface area contributed by atoms with E-state index >= 15 is 0 Å². The van der Waals surface area contributed by atoms with Crippen LogP contribution >= 0.6 is 23.2 Å². The Bertz CT molecular complexity index is 580. The van der Waals surface area contributed by atoms with Gasteiger partial charge in [-0.25, -0.2) is 4.39 Å². The lowest BCUT2D eigenvalue weighted by atomic mass is 10.0. The predicted octanol–water partition coefficient (Wildman–Crippen LogP) is 4.51. The molecule has 0 unspecified atom stereocenters. The number of ether oxygens (including phenoxy) is 1. The van der Waals surface area contributed by atoms with Gasteiger partial charge in [-0.05, 0) is 18.2 Å². The van der Waals surface area contributed by atoms with Crippen molar-refractivity contribution in [2.45, 2.75) is 0 Å². The predicted molar refractivity (Wildman–Crippen MR) is 70.1 cm³/mol. The van der Waals surface area contributed by atoms with Gasteiger partial charge in [-0.2, -0.15) is 0 Å². The third-order valence-corrected chi connectivity index (χ3v) is 3.10. The van der Waals surface area contributed by atoms with Gasteiger partial charge in [0.15, 0.2) is 11.5 Å². The summed E-state index contributed by atoms with van der Waals surface area (Å²) in [5.41, 5.74) is 0.734. The topological polar surface area (TPSA) is 29.5 Å². The van der Waals surface area contributed by atoms with Crippen LogP contribution in [0, 0.1) is 5.82 Å². The third kappa shape index (κ3) is 2.24. The third-order valence-electron chi connectivity index (χ3n) is 2.47. The summed E-state index contributed by atoms with van der Waals surface area (Å²) >= 11 is 12.1. The van der Waals surface area contributed by atoms with Gasteiger partial charge in [0.05, 0.1) is 17.2 Å². The van der Waals surface area contributed by atoms with Crippen LogP contribution in [0.1, 0.15) is 0 Å². The molecule has 5 heteroatoms. The first kappa shape index (κ1) is 13.0. The Hall–Kier alpha value is -1.45. The Morgan fingerprint density at radius 1 is 1.17 bits per heavy atom. The minimum atomic E-state index is -0.598. The molecule has 0 heterocycles.